The predicted octanol–water partition coefficient (Wildman–Crippen LogP) is 4.84. The Labute approximate surface area is 295 Å². The molecule has 2 fully saturated rings. The summed E-state index contributed by atoms with van der Waals surface area (Å²) in [7, 11) is 3.35. The number of aryl methyl sites for hydroxylation is 1. The summed E-state index contributed by atoms with van der Waals surface area (Å²) in [6.07, 6.45) is 4.01. The van der Waals surface area contributed by atoms with Crippen molar-refractivity contribution in [3.05, 3.63) is 56.5 Å². The first-order chi connectivity index (χ1) is 24.0. The van der Waals surface area contributed by atoms with Crippen LogP contribution in [-0.2, 0) is 36.5 Å². The number of aromatic hydroxyl groups is 1. The molecule has 8 rings (SSSR count). The molecular formula is C36H42ClFN8O4. The highest BCUT2D eigenvalue weighted by molar-refractivity contribution is 6.34. The van der Waals surface area contributed by atoms with E-state index in [4.69, 9.17) is 31.0 Å². The first kappa shape index (κ1) is 33.2. The van der Waals surface area contributed by atoms with Gasteiger partial charge < -0.3 is 24.4 Å². The molecule has 0 unspecified atom stereocenters. The van der Waals surface area contributed by atoms with Gasteiger partial charge in [0.2, 0.25) is 0 Å². The van der Waals surface area contributed by atoms with Crippen LogP contribution in [0, 0.1) is 11.3 Å². The number of fused-ring (bicyclic) bond motifs is 5. The summed E-state index contributed by atoms with van der Waals surface area (Å²) in [5, 5.41) is 25.9. The van der Waals surface area contributed by atoms with Crippen molar-refractivity contribution < 1.29 is 23.8 Å². The highest BCUT2D eigenvalue weighted by Gasteiger charge is 2.50. The van der Waals surface area contributed by atoms with E-state index < -0.39 is 11.8 Å². The smallest absolute Gasteiger partial charge is 0.318 e. The van der Waals surface area contributed by atoms with Gasteiger partial charge in [0.25, 0.3) is 5.91 Å². The minimum atomic E-state index is -0.883. The van der Waals surface area contributed by atoms with Crippen molar-refractivity contribution >= 4 is 23.3 Å². The number of carbonyl (C=O) groups is 1. The number of alkyl halides is 1. The standard InChI is InChI=1S/C36H42ClFN8O4/c1-21-8-10-36(29-23(21)6-7-28(47)24(29)16-39)15-26-25(19-50-36)32(41-34(40-26)49-20-35-9-4-12-45(35)17-22(38)14-35)44-11-5-13-46-27(18-44)30(37)31(42-46)33(48)43(2)3/h6-7,21-22,47H,4-5,8-15,17-20H2,1-3H3/t21-,22+,35-,36-/m0/s1. The molecule has 3 aromatic rings. The van der Waals surface area contributed by atoms with Gasteiger partial charge in [-0.3, -0.25) is 14.4 Å². The topological polar surface area (TPSA) is 133 Å². The number of benzene rings is 1. The average Bonchev–Trinajstić information content (AvgIpc) is 3.67. The van der Waals surface area contributed by atoms with Gasteiger partial charge in [-0.1, -0.05) is 24.6 Å². The predicted molar refractivity (Wildman–Crippen MR) is 182 cm³/mol. The summed E-state index contributed by atoms with van der Waals surface area (Å²) in [5.41, 5.74) is 3.25. The lowest BCUT2D eigenvalue weighted by Crippen LogP contribution is -2.44. The molecule has 4 aliphatic heterocycles. The Kier molecular flexibility index (Phi) is 8.19. The van der Waals surface area contributed by atoms with Gasteiger partial charge in [0, 0.05) is 57.7 Å². The Morgan fingerprint density at radius 3 is 2.88 bits per heavy atom. The van der Waals surface area contributed by atoms with Gasteiger partial charge >= 0.3 is 6.01 Å². The molecule has 6 heterocycles. The Morgan fingerprint density at radius 2 is 2.08 bits per heavy atom. The van der Waals surface area contributed by atoms with Gasteiger partial charge in [-0.05, 0) is 56.2 Å². The Bertz CT molecular complexity index is 1910. The van der Waals surface area contributed by atoms with Crippen LogP contribution in [0.2, 0.25) is 5.02 Å². The van der Waals surface area contributed by atoms with E-state index in [0.717, 1.165) is 60.3 Å². The summed E-state index contributed by atoms with van der Waals surface area (Å²) in [6.45, 7) is 5.46. The van der Waals surface area contributed by atoms with E-state index in [0.29, 0.717) is 56.3 Å². The zero-order valence-electron chi connectivity index (χ0n) is 28.7. The lowest BCUT2D eigenvalue weighted by molar-refractivity contribution is -0.0875. The monoisotopic (exact) mass is 704 g/mol. The number of amides is 1. The van der Waals surface area contributed by atoms with E-state index in [1.807, 2.05) is 10.7 Å². The van der Waals surface area contributed by atoms with Gasteiger partial charge in [0.05, 0.1) is 35.1 Å². The molecule has 2 aromatic heterocycles. The van der Waals surface area contributed by atoms with Crippen molar-refractivity contribution in [2.24, 2.45) is 0 Å². The largest absolute Gasteiger partial charge is 0.507 e. The van der Waals surface area contributed by atoms with Gasteiger partial charge in [-0.15, -0.1) is 0 Å². The number of phenolic OH excluding ortho intramolecular Hbond substituents is 1. The summed E-state index contributed by atoms with van der Waals surface area (Å²) in [5.74, 6) is 0.532. The molecule has 5 aliphatic rings. The first-order valence-corrected chi connectivity index (χ1v) is 17.9. The lowest BCUT2D eigenvalue weighted by Gasteiger charge is -2.44. The van der Waals surface area contributed by atoms with Crippen molar-refractivity contribution in [3.63, 3.8) is 0 Å². The van der Waals surface area contributed by atoms with Gasteiger partial charge in [0.1, 0.15) is 41.6 Å². The number of ether oxygens (including phenoxy) is 2. The fourth-order valence-electron chi connectivity index (χ4n) is 8.98. The molecule has 1 spiro atoms. The summed E-state index contributed by atoms with van der Waals surface area (Å²) in [6, 6.07) is 5.97. The van der Waals surface area contributed by atoms with Gasteiger partial charge in [0.15, 0.2) is 5.69 Å². The molecule has 0 saturated carbocycles. The minimum absolute atomic E-state index is 0.0604. The van der Waals surface area contributed by atoms with Crippen LogP contribution in [0.15, 0.2) is 12.1 Å². The number of nitriles is 1. The second-order valence-electron chi connectivity index (χ2n) is 14.9. The third-order valence-corrected chi connectivity index (χ3v) is 12.0. The molecule has 0 bridgehead atoms. The SMILES string of the molecule is C[C@H]1CC[C@]2(Cc3nc(OC[C@@]45CCCN4C[C@H](F)C5)nc(N4CCCn5nc(C(=O)N(C)C)c(Cl)c5C4)c3CO2)c2c1ccc(O)c2C#N. The molecule has 2 saturated heterocycles. The molecular weight excluding hydrogens is 663 g/mol. The second-order valence-corrected chi connectivity index (χ2v) is 15.2. The van der Waals surface area contributed by atoms with E-state index in [2.05, 4.69) is 27.9 Å². The van der Waals surface area contributed by atoms with E-state index in [1.54, 1.807) is 20.2 Å². The number of halogens is 2. The molecule has 12 nitrogen and oxygen atoms in total. The molecule has 1 aliphatic carbocycles. The zero-order chi connectivity index (χ0) is 34.9. The number of nitrogens with zero attached hydrogens (tertiary/aromatic N) is 8. The fourth-order valence-corrected chi connectivity index (χ4v) is 9.26. The van der Waals surface area contributed by atoms with Crippen molar-refractivity contribution in [1.82, 2.24) is 29.5 Å². The average molecular weight is 705 g/mol. The van der Waals surface area contributed by atoms with Crippen LogP contribution in [0.1, 0.15) is 95.5 Å². The maximum atomic E-state index is 14.6. The number of rotatable bonds is 5. The van der Waals surface area contributed by atoms with Crippen molar-refractivity contribution in [1.29, 1.82) is 5.26 Å². The number of hydrogen-bond acceptors (Lipinski definition) is 10. The molecule has 14 heteroatoms. The molecule has 1 amide bonds. The third kappa shape index (κ3) is 5.29. The quantitative estimate of drug-likeness (QED) is 0.394. The highest BCUT2D eigenvalue weighted by Crippen LogP contribution is 2.52. The van der Waals surface area contributed by atoms with E-state index in [1.165, 1.54) is 4.90 Å². The van der Waals surface area contributed by atoms with E-state index in [-0.39, 0.29) is 53.6 Å². The maximum Gasteiger partial charge on any atom is 0.318 e. The number of anilines is 1. The Hall–Kier alpha value is -3.99. The number of phenols is 1. The summed E-state index contributed by atoms with van der Waals surface area (Å²) in [4.78, 5) is 28.7. The lowest BCUT2D eigenvalue weighted by atomic mass is 9.69. The third-order valence-electron chi connectivity index (χ3n) is 11.6. The Balaban J connectivity index is 1.20. The molecule has 1 N–H and O–H groups in total. The summed E-state index contributed by atoms with van der Waals surface area (Å²) >= 11 is 6.84. The first-order valence-electron chi connectivity index (χ1n) is 17.6. The number of aromatic nitrogens is 4. The van der Waals surface area contributed by atoms with Crippen LogP contribution >= 0.6 is 11.6 Å². The van der Waals surface area contributed by atoms with Crippen LogP contribution in [0.3, 0.4) is 0 Å². The van der Waals surface area contributed by atoms with Gasteiger partial charge in [-0.2, -0.15) is 20.3 Å². The minimum Gasteiger partial charge on any atom is -0.507 e. The maximum absolute atomic E-state index is 14.6. The summed E-state index contributed by atoms with van der Waals surface area (Å²) < 4.78 is 29.7. The second kappa shape index (κ2) is 12.4. The molecule has 50 heavy (non-hydrogen) atoms. The van der Waals surface area contributed by atoms with Crippen LogP contribution in [0.4, 0.5) is 10.2 Å². The van der Waals surface area contributed by atoms with Crippen LogP contribution in [0.25, 0.3) is 0 Å². The number of hydrogen-bond donors (Lipinski definition) is 1. The molecule has 1 aromatic carbocycles. The van der Waals surface area contributed by atoms with Crippen molar-refractivity contribution in [2.45, 2.75) is 94.8 Å². The molecule has 264 valence electrons. The Morgan fingerprint density at radius 1 is 1.24 bits per heavy atom. The fraction of sp³-hybridized carbons (Fsp3) is 0.583. The normalized spacial score (nSPS) is 27.2. The van der Waals surface area contributed by atoms with Crippen LogP contribution < -0.4 is 9.64 Å². The van der Waals surface area contributed by atoms with Crippen molar-refractivity contribution in [3.8, 4) is 17.8 Å². The van der Waals surface area contributed by atoms with E-state index >= 15 is 0 Å². The van der Waals surface area contributed by atoms with E-state index in [9.17, 15) is 19.6 Å². The number of carbonyl (C=O) groups excluding carboxylic acids is 1. The van der Waals surface area contributed by atoms with Gasteiger partial charge in [-0.25, -0.2) is 4.39 Å². The van der Waals surface area contributed by atoms with Crippen molar-refractivity contribution in [2.75, 3.05) is 45.2 Å². The van der Waals surface area contributed by atoms with Crippen LogP contribution in [0.5, 0.6) is 11.8 Å². The highest BCUT2D eigenvalue weighted by atomic mass is 35.5. The zero-order valence-corrected chi connectivity index (χ0v) is 29.5. The molecule has 4 atom stereocenters. The molecule has 0 radical (unpaired) electrons. The van der Waals surface area contributed by atoms with Crippen LogP contribution in [-0.4, -0.2) is 92.6 Å².